The van der Waals surface area contributed by atoms with Gasteiger partial charge in [0.05, 0.1) is 26.9 Å². The van der Waals surface area contributed by atoms with Gasteiger partial charge in [-0.05, 0) is 24.3 Å². The lowest BCUT2D eigenvalue weighted by molar-refractivity contribution is 0.0950. The molecule has 0 radical (unpaired) electrons. The van der Waals surface area contributed by atoms with E-state index in [2.05, 4.69) is 15.4 Å². The van der Waals surface area contributed by atoms with Gasteiger partial charge in [-0.2, -0.15) is 5.10 Å². The minimum atomic E-state index is -0.244. The van der Waals surface area contributed by atoms with Crippen molar-refractivity contribution in [3.63, 3.8) is 0 Å². The Morgan fingerprint density at radius 3 is 2.41 bits per heavy atom. The van der Waals surface area contributed by atoms with Gasteiger partial charge in [0, 0.05) is 36.8 Å². The van der Waals surface area contributed by atoms with Crippen molar-refractivity contribution in [2.75, 3.05) is 21.3 Å². The van der Waals surface area contributed by atoms with Gasteiger partial charge in [0.2, 0.25) is 0 Å². The Balaban J connectivity index is 1.72. The van der Waals surface area contributed by atoms with E-state index in [4.69, 9.17) is 14.2 Å². The predicted molar refractivity (Wildman–Crippen MR) is 98.6 cm³/mol. The van der Waals surface area contributed by atoms with Crippen molar-refractivity contribution in [3.8, 4) is 23.1 Å². The number of rotatable bonds is 7. The van der Waals surface area contributed by atoms with Crippen molar-refractivity contribution in [1.29, 1.82) is 0 Å². The van der Waals surface area contributed by atoms with Crippen LogP contribution in [0.1, 0.15) is 15.9 Å². The van der Waals surface area contributed by atoms with Crippen LogP contribution >= 0.6 is 0 Å². The van der Waals surface area contributed by atoms with E-state index in [9.17, 15) is 4.79 Å². The summed E-state index contributed by atoms with van der Waals surface area (Å²) < 4.78 is 17.6. The summed E-state index contributed by atoms with van der Waals surface area (Å²) in [5.74, 6) is 2.11. The standard InChI is InChI=1S/C19H20N4O4/c1-25-15-10-17(27-3)16(26-2)9-14(15)12-21-19(24)13-5-6-18(20-11-13)23-8-4-7-22-23/h4-11H,12H2,1-3H3,(H,21,24). The number of methoxy groups -OCH3 is 3. The number of carbonyl (C=O) groups is 1. The Morgan fingerprint density at radius 2 is 1.81 bits per heavy atom. The molecule has 0 fully saturated rings. The summed E-state index contributed by atoms with van der Waals surface area (Å²) >= 11 is 0. The highest BCUT2D eigenvalue weighted by atomic mass is 16.5. The van der Waals surface area contributed by atoms with Crippen LogP contribution in [0.15, 0.2) is 48.9 Å². The van der Waals surface area contributed by atoms with E-state index in [1.54, 1.807) is 68.7 Å². The maximum atomic E-state index is 12.4. The first-order chi connectivity index (χ1) is 13.2. The molecule has 0 atom stereocenters. The average Bonchev–Trinajstić information content (AvgIpc) is 3.26. The second-order valence-electron chi connectivity index (χ2n) is 5.56. The Morgan fingerprint density at radius 1 is 1.07 bits per heavy atom. The van der Waals surface area contributed by atoms with Gasteiger partial charge in [-0.25, -0.2) is 9.67 Å². The molecular formula is C19H20N4O4. The number of ether oxygens (including phenoxy) is 3. The molecule has 140 valence electrons. The van der Waals surface area contributed by atoms with E-state index in [0.29, 0.717) is 28.6 Å². The van der Waals surface area contributed by atoms with E-state index >= 15 is 0 Å². The molecule has 8 heteroatoms. The Bertz CT molecular complexity index is 908. The third-order valence-corrected chi connectivity index (χ3v) is 3.98. The van der Waals surface area contributed by atoms with Crippen LogP contribution < -0.4 is 19.5 Å². The van der Waals surface area contributed by atoms with E-state index in [-0.39, 0.29) is 12.5 Å². The molecule has 0 saturated carbocycles. The van der Waals surface area contributed by atoms with E-state index in [0.717, 1.165) is 5.56 Å². The SMILES string of the molecule is COc1cc(OC)c(OC)cc1CNC(=O)c1ccc(-n2cccn2)nc1. The molecule has 8 nitrogen and oxygen atoms in total. The Hall–Kier alpha value is -3.55. The highest BCUT2D eigenvalue weighted by molar-refractivity contribution is 5.93. The third-order valence-electron chi connectivity index (χ3n) is 3.98. The van der Waals surface area contributed by atoms with Crippen LogP contribution in [-0.2, 0) is 6.54 Å². The van der Waals surface area contributed by atoms with Gasteiger partial charge in [0.25, 0.3) is 5.91 Å². The number of nitrogens with zero attached hydrogens (tertiary/aromatic N) is 3. The van der Waals surface area contributed by atoms with Crippen LogP contribution in [0.3, 0.4) is 0 Å². The molecule has 0 spiro atoms. The third kappa shape index (κ3) is 4.00. The van der Waals surface area contributed by atoms with Crippen LogP contribution in [0.2, 0.25) is 0 Å². The summed E-state index contributed by atoms with van der Waals surface area (Å²) in [6.07, 6.45) is 4.96. The lowest BCUT2D eigenvalue weighted by atomic mass is 10.1. The molecule has 0 bridgehead atoms. The maximum Gasteiger partial charge on any atom is 0.253 e. The van der Waals surface area contributed by atoms with Crippen LogP contribution in [-0.4, -0.2) is 42.0 Å². The topological polar surface area (TPSA) is 87.5 Å². The van der Waals surface area contributed by atoms with Gasteiger partial charge >= 0.3 is 0 Å². The molecule has 27 heavy (non-hydrogen) atoms. The molecule has 0 aliphatic rings. The second-order valence-corrected chi connectivity index (χ2v) is 5.56. The average molecular weight is 368 g/mol. The summed E-state index contributed by atoms with van der Waals surface area (Å²) in [6, 6.07) is 8.74. The van der Waals surface area contributed by atoms with Gasteiger partial charge in [0.1, 0.15) is 5.75 Å². The monoisotopic (exact) mass is 368 g/mol. The minimum absolute atomic E-state index is 0.244. The fourth-order valence-electron chi connectivity index (χ4n) is 2.57. The fraction of sp³-hybridized carbons (Fsp3) is 0.211. The van der Waals surface area contributed by atoms with Crippen molar-refractivity contribution >= 4 is 5.91 Å². The van der Waals surface area contributed by atoms with Crippen molar-refractivity contribution in [1.82, 2.24) is 20.1 Å². The fourth-order valence-corrected chi connectivity index (χ4v) is 2.57. The molecule has 1 N–H and O–H groups in total. The summed E-state index contributed by atoms with van der Waals surface area (Å²) in [6.45, 7) is 0.267. The number of pyridine rings is 1. The predicted octanol–water partition coefficient (Wildman–Crippen LogP) is 2.22. The maximum absolute atomic E-state index is 12.4. The zero-order chi connectivity index (χ0) is 19.2. The van der Waals surface area contributed by atoms with E-state index < -0.39 is 0 Å². The summed E-state index contributed by atoms with van der Waals surface area (Å²) in [4.78, 5) is 16.7. The summed E-state index contributed by atoms with van der Waals surface area (Å²) in [7, 11) is 4.67. The zero-order valence-electron chi connectivity index (χ0n) is 15.3. The lowest BCUT2D eigenvalue weighted by Crippen LogP contribution is -2.23. The summed E-state index contributed by atoms with van der Waals surface area (Å²) in [5.41, 5.74) is 1.22. The number of amides is 1. The molecule has 2 heterocycles. The smallest absolute Gasteiger partial charge is 0.253 e. The van der Waals surface area contributed by atoms with Crippen LogP contribution in [0.25, 0.3) is 5.82 Å². The molecule has 3 rings (SSSR count). The summed E-state index contributed by atoms with van der Waals surface area (Å²) in [5, 5.41) is 6.96. The molecule has 0 aliphatic heterocycles. The second kappa shape index (κ2) is 8.22. The van der Waals surface area contributed by atoms with Crippen molar-refractivity contribution in [2.45, 2.75) is 6.54 Å². The number of benzene rings is 1. The molecule has 0 unspecified atom stereocenters. The molecule has 0 saturated heterocycles. The molecule has 1 amide bonds. The first kappa shape index (κ1) is 18.2. The number of nitrogens with one attached hydrogen (secondary N) is 1. The van der Waals surface area contributed by atoms with Gasteiger partial charge < -0.3 is 19.5 Å². The first-order valence-electron chi connectivity index (χ1n) is 8.19. The van der Waals surface area contributed by atoms with E-state index in [1.807, 2.05) is 0 Å². The van der Waals surface area contributed by atoms with Crippen LogP contribution in [0, 0.1) is 0 Å². The first-order valence-corrected chi connectivity index (χ1v) is 8.19. The van der Waals surface area contributed by atoms with Crippen LogP contribution in [0.5, 0.6) is 17.2 Å². The largest absolute Gasteiger partial charge is 0.496 e. The number of aromatic nitrogens is 3. The highest BCUT2D eigenvalue weighted by Crippen LogP contribution is 2.34. The Labute approximate surface area is 156 Å². The van der Waals surface area contributed by atoms with Crippen molar-refractivity contribution in [2.24, 2.45) is 0 Å². The number of hydrogen-bond donors (Lipinski definition) is 1. The van der Waals surface area contributed by atoms with Gasteiger partial charge in [0.15, 0.2) is 17.3 Å². The lowest BCUT2D eigenvalue weighted by Gasteiger charge is -2.14. The van der Waals surface area contributed by atoms with Gasteiger partial charge in [-0.1, -0.05) is 0 Å². The quantitative estimate of drug-likeness (QED) is 0.688. The van der Waals surface area contributed by atoms with Crippen molar-refractivity contribution in [3.05, 3.63) is 60.0 Å². The molecule has 1 aromatic carbocycles. The van der Waals surface area contributed by atoms with Crippen molar-refractivity contribution < 1.29 is 19.0 Å². The molecule has 3 aromatic rings. The normalized spacial score (nSPS) is 10.3. The highest BCUT2D eigenvalue weighted by Gasteiger charge is 2.13. The molecule has 0 aliphatic carbocycles. The molecular weight excluding hydrogens is 348 g/mol. The zero-order valence-corrected chi connectivity index (χ0v) is 15.3. The number of hydrogen-bond acceptors (Lipinski definition) is 6. The minimum Gasteiger partial charge on any atom is -0.496 e. The number of carbonyl (C=O) groups excluding carboxylic acids is 1. The van der Waals surface area contributed by atoms with Gasteiger partial charge in [-0.15, -0.1) is 0 Å². The van der Waals surface area contributed by atoms with E-state index in [1.165, 1.54) is 6.20 Å². The molecule has 2 aromatic heterocycles. The van der Waals surface area contributed by atoms with Gasteiger partial charge in [-0.3, -0.25) is 4.79 Å². The van der Waals surface area contributed by atoms with Crippen LogP contribution in [0.4, 0.5) is 0 Å². The Kier molecular flexibility index (Phi) is 5.55.